The van der Waals surface area contributed by atoms with Crippen LogP contribution in [0.5, 0.6) is 5.75 Å². The van der Waals surface area contributed by atoms with Crippen LogP contribution >= 0.6 is 0 Å². The maximum atomic E-state index is 14.8. The number of hydrogen-bond donors (Lipinski definition) is 1. The third-order valence-electron chi connectivity index (χ3n) is 7.65. The molecule has 0 amide bonds. The van der Waals surface area contributed by atoms with Gasteiger partial charge in [-0.15, -0.1) is 0 Å². The average Bonchev–Trinajstić information content (AvgIpc) is 2.87. The highest BCUT2D eigenvalue weighted by molar-refractivity contribution is 5.70. The molecule has 3 heterocycles. The molecule has 36 heavy (non-hydrogen) atoms. The van der Waals surface area contributed by atoms with E-state index in [0.29, 0.717) is 18.0 Å². The van der Waals surface area contributed by atoms with Gasteiger partial charge in [0.1, 0.15) is 17.7 Å². The van der Waals surface area contributed by atoms with E-state index in [9.17, 15) is 14.3 Å². The van der Waals surface area contributed by atoms with Crippen LogP contribution in [0.3, 0.4) is 0 Å². The van der Waals surface area contributed by atoms with Gasteiger partial charge < -0.3 is 9.84 Å². The van der Waals surface area contributed by atoms with E-state index in [1.807, 2.05) is 31.2 Å². The number of aryl methyl sites for hydroxylation is 2. The molecule has 1 saturated heterocycles. The number of fused-ring (bicyclic) bond motifs is 1. The Morgan fingerprint density at radius 2 is 2.03 bits per heavy atom. The quantitative estimate of drug-likeness (QED) is 0.434. The number of pyridine rings is 1. The number of rotatable bonds is 7. The molecule has 2 aliphatic heterocycles. The van der Waals surface area contributed by atoms with Crippen molar-refractivity contribution in [2.75, 3.05) is 6.54 Å². The van der Waals surface area contributed by atoms with Crippen molar-refractivity contribution in [2.45, 2.75) is 65.1 Å². The summed E-state index contributed by atoms with van der Waals surface area (Å²) in [7, 11) is 0. The first-order chi connectivity index (χ1) is 17.3. The summed E-state index contributed by atoms with van der Waals surface area (Å²) in [4.78, 5) is 17.8. The summed E-state index contributed by atoms with van der Waals surface area (Å²) >= 11 is 0. The summed E-state index contributed by atoms with van der Waals surface area (Å²) < 4.78 is 21.3. The van der Waals surface area contributed by atoms with Gasteiger partial charge in [-0.2, -0.15) is 0 Å². The fourth-order valence-corrected chi connectivity index (χ4v) is 5.20. The molecule has 0 aliphatic carbocycles. The molecule has 3 aromatic rings. The molecule has 3 atom stereocenters. The molecule has 5 rings (SSSR count). The van der Waals surface area contributed by atoms with Gasteiger partial charge in [-0.05, 0) is 79.5 Å². The fraction of sp³-hybridized carbons (Fsp3) is 0.400. The summed E-state index contributed by atoms with van der Waals surface area (Å²) in [6, 6.07) is 14.7. The summed E-state index contributed by atoms with van der Waals surface area (Å²) in [5, 5.41) is 9.27. The molecule has 3 unspecified atom stereocenters. The number of nitrogens with zero attached hydrogens (tertiary/aromatic N) is 2. The third-order valence-corrected chi connectivity index (χ3v) is 7.65. The van der Waals surface area contributed by atoms with Crippen LogP contribution in [0.25, 0.3) is 11.1 Å². The number of hydrogen-bond acceptors (Lipinski definition) is 4. The average molecular weight is 489 g/mol. The molecule has 1 N–H and O–H groups in total. The smallest absolute Gasteiger partial charge is 0.306 e. The van der Waals surface area contributed by atoms with Gasteiger partial charge in [-0.1, -0.05) is 37.3 Å². The number of carbonyl (C=O) groups is 1. The largest absolute Gasteiger partial charge is 0.485 e. The van der Waals surface area contributed by atoms with E-state index < -0.39 is 11.9 Å². The van der Waals surface area contributed by atoms with E-state index in [1.54, 1.807) is 6.92 Å². The minimum absolute atomic E-state index is 0.102. The molecule has 0 radical (unpaired) electrons. The van der Waals surface area contributed by atoms with Gasteiger partial charge in [0.25, 0.3) is 0 Å². The summed E-state index contributed by atoms with van der Waals surface area (Å²) in [5.74, 6) is -0.716. The zero-order valence-corrected chi connectivity index (χ0v) is 21.1. The van der Waals surface area contributed by atoms with E-state index in [4.69, 9.17) is 4.74 Å². The second-order valence-electron chi connectivity index (χ2n) is 10.4. The van der Waals surface area contributed by atoms with E-state index in [1.165, 1.54) is 12.6 Å². The zero-order valence-electron chi connectivity index (χ0n) is 21.1. The highest BCUT2D eigenvalue weighted by atomic mass is 19.1. The first-order valence-electron chi connectivity index (χ1n) is 12.8. The molecule has 1 aromatic heterocycles. The van der Waals surface area contributed by atoms with E-state index in [0.717, 1.165) is 65.2 Å². The van der Waals surface area contributed by atoms with Crippen molar-refractivity contribution in [3.8, 4) is 16.9 Å². The Morgan fingerprint density at radius 1 is 1.19 bits per heavy atom. The molecule has 2 aliphatic rings. The second kappa shape index (κ2) is 10.0. The van der Waals surface area contributed by atoms with E-state index >= 15 is 0 Å². The van der Waals surface area contributed by atoms with E-state index in [-0.39, 0.29) is 11.9 Å². The van der Waals surface area contributed by atoms with Crippen molar-refractivity contribution in [2.24, 2.45) is 5.92 Å². The number of aliphatic carboxylic acids is 1. The lowest BCUT2D eigenvalue weighted by molar-refractivity contribution is -0.141. The molecular weight excluding hydrogens is 455 g/mol. The Balaban J connectivity index is 1.45. The Bertz CT molecular complexity index is 1290. The molecule has 5 nitrogen and oxygen atoms in total. The SMILES string of the molecule is Cc1cc(-c2ccc(C3CCc4ccc(CC(C)C(=O)O)cc4O3)cc2CN2CCC2C)c(F)cn1. The number of likely N-dealkylation sites (tertiary alicyclic amines) is 1. The van der Waals surface area contributed by atoms with Crippen molar-refractivity contribution >= 4 is 5.97 Å². The number of carboxylic acid groups (broad SMARTS) is 1. The van der Waals surface area contributed by atoms with Crippen molar-refractivity contribution in [3.63, 3.8) is 0 Å². The molecular formula is C30H33FN2O3. The molecule has 2 aromatic carbocycles. The zero-order chi connectivity index (χ0) is 25.4. The monoisotopic (exact) mass is 488 g/mol. The van der Waals surface area contributed by atoms with Crippen LogP contribution < -0.4 is 4.74 Å². The van der Waals surface area contributed by atoms with Crippen LogP contribution in [-0.4, -0.2) is 33.5 Å². The maximum Gasteiger partial charge on any atom is 0.306 e. The molecule has 188 valence electrons. The molecule has 1 fully saturated rings. The third kappa shape index (κ3) is 5.00. The minimum atomic E-state index is -0.795. The Morgan fingerprint density at radius 3 is 2.75 bits per heavy atom. The van der Waals surface area contributed by atoms with Gasteiger partial charge in [0.05, 0.1) is 12.1 Å². The fourth-order valence-electron chi connectivity index (χ4n) is 5.20. The lowest BCUT2D eigenvalue weighted by Crippen LogP contribution is -2.44. The van der Waals surface area contributed by atoms with Crippen molar-refractivity contribution in [1.29, 1.82) is 0 Å². The predicted octanol–water partition coefficient (Wildman–Crippen LogP) is 6.12. The Labute approximate surface area is 211 Å². The van der Waals surface area contributed by atoms with Crippen LogP contribution in [0.4, 0.5) is 4.39 Å². The number of carboxylic acids is 1. The Hall–Kier alpha value is -3.25. The van der Waals surface area contributed by atoms with Crippen molar-refractivity contribution in [3.05, 3.63) is 82.4 Å². The van der Waals surface area contributed by atoms with Gasteiger partial charge in [0.15, 0.2) is 0 Å². The maximum absolute atomic E-state index is 14.8. The molecule has 0 bridgehead atoms. The highest BCUT2D eigenvalue weighted by Gasteiger charge is 2.27. The number of ether oxygens (including phenoxy) is 1. The first kappa shape index (κ1) is 24.4. The van der Waals surface area contributed by atoms with Gasteiger partial charge in [-0.3, -0.25) is 14.7 Å². The lowest BCUT2D eigenvalue weighted by atomic mass is 9.90. The summed E-state index contributed by atoms with van der Waals surface area (Å²) in [6.45, 7) is 7.65. The lowest BCUT2D eigenvalue weighted by Gasteiger charge is -2.39. The van der Waals surface area contributed by atoms with Crippen LogP contribution in [-0.2, 0) is 24.2 Å². The van der Waals surface area contributed by atoms with Gasteiger partial charge in [-0.25, -0.2) is 4.39 Å². The van der Waals surface area contributed by atoms with Crippen molar-refractivity contribution < 1.29 is 19.0 Å². The minimum Gasteiger partial charge on any atom is -0.485 e. The summed E-state index contributed by atoms with van der Waals surface area (Å²) in [5.41, 5.74) is 6.59. The van der Waals surface area contributed by atoms with Gasteiger partial charge in [0, 0.05) is 30.4 Å². The number of aromatic nitrogens is 1. The van der Waals surface area contributed by atoms with Crippen LogP contribution in [0.2, 0.25) is 0 Å². The standard InChI is InChI=1S/C30H33FN2O3/c1-18(30(34)35)12-21-4-5-22-7-9-28(36-29(22)14-21)23-6-8-25(26-13-19(2)32-16-27(26)31)24(15-23)17-33-11-10-20(33)3/h4-6,8,13-16,18,20,28H,7,9-12,17H2,1-3H3,(H,34,35). The van der Waals surface area contributed by atoms with E-state index in [2.05, 4.69) is 35.0 Å². The highest BCUT2D eigenvalue weighted by Crippen LogP contribution is 2.38. The van der Waals surface area contributed by atoms with Crippen molar-refractivity contribution in [1.82, 2.24) is 9.88 Å². The van der Waals surface area contributed by atoms with Crippen LogP contribution in [0.1, 0.15) is 60.7 Å². The Kier molecular flexibility index (Phi) is 6.80. The van der Waals surface area contributed by atoms with Gasteiger partial charge in [0.2, 0.25) is 0 Å². The first-order valence-corrected chi connectivity index (χ1v) is 12.8. The second-order valence-corrected chi connectivity index (χ2v) is 10.4. The summed E-state index contributed by atoms with van der Waals surface area (Å²) in [6.07, 6.45) is 4.62. The van der Waals surface area contributed by atoms with Crippen LogP contribution in [0.15, 0.2) is 48.7 Å². The van der Waals surface area contributed by atoms with Crippen LogP contribution in [0, 0.1) is 18.7 Å². The predicted molar refractivity (Wildman–Crippen MR) is 137 cm³/mol. The molecule has 0 spiro atoms. The normalized spacial score (nSPS) is 20.2. The number of benzene rings is 2. The molecule has 0 saturated carbocycles. The topological polar surface area (TPSA) is 62.7 Å². The molecule has 6 heteroatoms. The van der Waals surface area contributed by atoms with Gasteiger partial charge >= 0.3 is 5.97 Å². The number of halogens is 1.